The summed E-state index contributed by atoms with van der Waals surface area (Å²) in [6.07, 6.45) is 13.6. The average molecular weight is 522 g/mol. The fraction of sp³-hybridized carbons (Fsp3) is 0.552. The highest BCUT2D eigenvalue weighted by Crippen LogP contribution is 2.61. The van der Waals surface area contributed by atoms with Crippen molar-refractivity contribution in [3.63, 3.8) is 0 Å². The van der Waals surface area contributed by atoms with E-state index in [2.05, 4.69) is 18.2 Å². The van der Waals surface area contributed by atoms with Gasteiger partial charge in [0.05, 0.1) is 29.2 Å². The van der Waals surface area contributed by atoms with Gasteiger partial charge in [-0.3, -0.25) is 14.4 Å². The van der Waals surface area contributed by atoms with E-state index in [9.17, 15) is 19.5 Å². The molecular formula is C29H35N3O4S. The van der Waals surface area contributed by atoms with Gasteiger partial charge in [-0.15, -0.1) is 11.8 Å². The van der Waals surface area contributed by atoms with E-state index in [1.807, 2.05) is 41.3 Å². The first kappa shape index (κ1) is 24.7. The van der Waals surface area contributed by atoms with Crippen molar-refractivity contribution in [2.24, 2.45) is 11.8 Å². The summed E-state index contributed by atoms with van der Waals surface area (Å²) in [6, 6.07) is 8.51. The Balaban J connectivity index is 1.43. The molecule has 6 rings (SSSR count). The maximum Gasteiger partial charge on any atom is 0.247 e. The highest BCUT2D eigenvalue weighted by atomic mass is 32.2. The molecule has 3 fully saturated rings. The zero-order chi connectivity index (χ0) is 25.7. The number of aliphatic hydroxyl groups excluding tert-OH is 1. The Morgan fingerprint density at radius 3 is 2.49 bits per heavy atom. The number of anilines is 1. The number of likely N-dealkylation sites (tertiary alicyclic amines) is 1. The summed E-state index contributed by atoms with van der Waals surface area (Å²) in [7, 11) is 0. The lowest BCUT2D eigenvalue weighted by Crippen LogP contribution is -2.57. The summed E-state index contributed by atoms with van der Waals surface area (Å²) in [5.41, 5.74) is 0.808. The zero-order valence-electron chi connectivity index (χ0n) is 21.2. The van der Waals surface area contributed by atoms with Gasteiger partial charge >= 0.3 is 0 Å². The van der Waals surface area contributed by atoms with Gasteiger partial charge in [0.1, 0.15) is 6.04 Å². The predicted molar refractivity (Wildman–Crippen MR) is 144 cm³/mol. The number of carbonyl (C=O) groups excluding carboxylic acids is 3. The average Bonchev–Trinajstić information content (AvgIpc) is 3.25. The van der Waals surface area contributed by atoms with Crippen LogP contribution in [-0.2, 0) is 14.4 Å². The number of hydrogen-bond donors (Lipinski definition) is 1. The summed E-state index contributed by atoms with van der Waals surface area (Å²) < 4.78 is -0.837. The molecule has 3 amide bonds. The second kappa shape index (κ2) is 9.62. The van der Waals surface area contributed by atoms with Gasteiger partial charge in [0.2, 0.25) is 17.7 Å². The monoisotopic (exact) mass is 521 g/mol. The number of benzene rings is 1. The maximum atomic E-state index is 14.4. The SMILES string of the molecule is C[C@H](CO)N1C(=O)[C@@H]2[C@H]3C(=O)N(c4ccccc4)CC=C[C@H]3S[C@@]23C=CCN(C2CCCCC2)C(=O)C13. The third-order valence-electron chi connectivity index (χ3n) is 8.95. The van der Waals surface area contributed by atoms with Gasteiger partial charge in [-0.2, -0.15) is 0 Å². The lowest BCUT2D eigenvalue weighted by Gasteiger charge is -2.40. The van der Waals surface area contributed by atoms with Crippen LogP contribution in [0.25, 0.3) is 0 Å². The number of amides is 3. The van der Waals surface area contributed by atoms with Crippen molar-refractivity contribution in [2.45, 2.75) is 67.2 Å². The number of hydrogen-bond acceptors (Lipinski definition) is 5. The van der Waals surface area contributed by atoms with E-state index in [0.717, 1.165) is 31.4 Å². The molecule has 1 unspecified atom stereocenters. The predicted octanol–water partition coefficient (Wildman–Crippen LogP) is 3.00. The largest absolute Gasteiger partial charge is 0.394 e. The second-order valence-corrected chi connectivity index (χ2v) is 12.5. The zero-order valence-corrected chi connectivity index (χ0v) is 22.1. The number of para-hydroxylation sites is 1. The van der Waals surface area contributed by atoms with Crippen molar-refractivity contribution < 1.29 is 19.5 Å². The standard InChI is InChI=1S/C29H35N3O4S/c1-19(18-33)32-25-28(36)31(21-12-6-3-7-13-21)17-9-15-29(25)24(27(32)35)23-22(37-29)14-8-16-30(26(23)34)20-10-4-2-5-11-20/h2,4-5,8-11,14-15,19,21-25,33H,3,6-7,12-13,16-18H2,1H3/t19-,22-,23+,24+,25?,29+/m1/s1. The summed E-state index contributed by atoms with van der Waals surface area (Å²) in [5.74, 6) is -1.53. The van der Waals surface area contributed by atoms with E-state index in [1.165, 1.54) is 6.42 Å². The van der Waals surface area contributed by atoms with Crippen LogP contribution < -0.4 is 4.90 Å². The van der Waals surface area contributed by atoms with Gasteiger partial charge in [0.15, 0.2) is 0 Å². The lowest BCUT2D eigenvalue weighted by molar-refractivity contribution is -0.146. The van der Waals surface area contributed by atoms with E-state index < -0.39 is 28.7 Å². The summed E-state index contributed by atoms with van der Waals surface area (Å²) in [5, 5.41) is 9.93. The van der Waals surface area contributed by atoms with E-state index >= 15 is 0 Å². The molecule has 1 aromatic carbocycles. The first-order chi connectivity index (χ1) is 18.0. The van der Waals surface area contributed by atoms with Gasteiger partial charge in [-0.1, -0.05) is 61.8 Å². The van der Waals surface area contributed by atoms with Crippen molar-refractivity contribution >= 4 is 35.2 Å². The summed E-state index contributed by atoms with van der Waals surface area (Å²) >= 11 is 1.60. The number of carbonyl (C=O) groups is 3. The van der Waals surface area contributed by atoms with Gasteiger partial charge in [-0.05, 0) is 31.9 Å². The first-order valence-electron chi connectivity index (χ1n) is 13.6. The number of fused-ring (bicyclic) bond motifs is 2. The fourth-order valence-corrected chi connectivity index (χ4v) is 9.21. The smallest absolute Gasteiger partial charge is 0.247 e. The molecule has 0 bridgehead atoms. The Labute approximate surface area is 222 Å². The van der Waals surface area contributed by atoms with Crippen LogP contribution in [0.5, 0.6) is 0 Å². The number of nitrogens with zero attached hydrogens (tertiary/aromatic N) is 3. The molecule has 0 aromatic heterocycles. The Morgan fingerprint density at radius 1 is 1.00 bits per heavy atom. The van der Waals surface area contributed by atoms with Crippen LogP contribution in [-0.4, -0.2) is 80.4 Å². The fourth-order valence-electron chi connectivity index (χ4n) is 7.22. The number of thioether (sulfide) groups is 1. The van der Waals surface area contributed by atoms with Crippen LogP contribution >= 0.6 is 11.8 Å². The highest BCUT2D eigenvalue weighted by molar-refractivity contribution is 8.02. The Morgan fingerprint density at radius 2 is 1.76 bits per heavy atom. The Hall–Kier alpha value is -2.58. The van der Waals surface area contributed by atoms with Gasteiger partial charge < -0.3 is 19.8 Å². The van der Waals surface area contributed by atoms with Crippen LogP contribution in [0, 0.1) is 11.8 Å². The minimum atomic E-state index is -0.837. The topological polar surface area (TPSA) is 81.2 Å². The van der Waals surface area contributed by atoms with Crippen LogP contribution in [0.2, 0.25) is 0 Å². The molecule has 4 aliphatic heterocycles. The molecule has 1 spiro atoms. The van der Waals surface area contributed by atoms with E-state index in [1.54, 1.807) is 28.5 Å². The lowest BCUT2D eigenvalue weighted by atomic mass is 9.78. The molecule has 4 heterocycles. The molecule has 37 heavy (non-hydrogen) atoms. The molecule has 6 atom stereocenters. The van der Waals surface area contributed by atoms with Crippen LogP contribution in [0.1, 0.15) is 39.0 Å². The van der Waals surface area contributed by atoms with Crippen LogP contribution in [0.3, 0.4) is 0 Å². The van der Waals surface area contributed by atoms with Crippen molar-refractivity contribution in [1.82, 2.24) is 9.80 Å². The Kier molecular flexibility index (Phi) is 6.43. The second-order valence-electron chi connectivity index (χ2n) is 11.0. The van der Waals surface area contributed by atoms with Gasteiger partial charge in [0, 0.05) is 30.1 Å². The quantitative estimate of drug-likeness (QED) is 0.617. The molecule has 1 saturated carbocycles. The maximum absolute atomic E-state index is 14.4. The van der Waals surface area contributed by atoms with Crippen molar-refractivity contribution in [3.05, 3.63) is 54.6 Å². The van der Waals surface area contributed by atoms with Crippen molar-refractivity contribution in [3.8, 4) is 0 Å². The molecule has 8 heteroatoms. The minimum absolute atomic E-state index is 0.0339. The van der Waals surface area contributed by atoms with E-state index in [0.29, 0.717) is 13.1 Å². The third-order valence-corrected chi connectivity index (χ3v) is 10.7. The molecule has 0 radical (unpaired) electrons. The summed E-state index contributed by atoms with van der Waals surface area (Å²) in [6.45, 7) is 2.55. The molecule has 1 N–H and O–H groups in total. The summed E-state index contributed by atoms with van der Waals surface area (Å²) in [4.78, 5) is 48.1. The third kappa shape index (κ3) is 3.78. The molecule has 1 aliphatic carbocycles. The molecular weight excluding hydrogens is 486 g/mol. The molecule has 1 aromatic rings. The minimum Gasteiger partial charge on any atom is -0.394 e. The van der Waals surface area contributed by atoms with E-state index in [4.69, 9.17) is 0 Å². The van der Waals surface area contributed by atoms with Crippen LogP contribution in [0.4, 0.5) is 5.69 Å². The molecule has 2 saturated heterocycles. The molecule has 196 valence electrons. The van der Waals surface area contributed by atoms with E-state index in [-0.39, 0.29) is 35.6 Å². The van der Waals surface area contributed by atoms with Crippen molar-refractivity contribution in [1.29, 1.82) is 0 Å². The Bertz CT molecular complexity index is 1130. The molecule has 7 nitrogen and oxygen atoms in total. The van der Waals surface area contributed by atoms with Gasteiger partial charge in [0.25, 0.3) is 0 Å². The molecule has 5 aliphatic rings. The highest BCUT2D eigenvalue weighted by Gasteiger charge is 2.71. The normalized spacial score (nSPS) is 34.8. The first-order valence-corrected chi connectivity index (χ1v) is 14.5. The number of aliphatic hydroxyl groups is 1. The number of rotatable bonds is 4. The van der Waals surface area contributed by atoms with Gasteiger partial charge in [-0.25, -0.2) is 0 Å². The van der Waals surface area contributed by atoms with Crippen LogP contribution in [0.15, 0.2) is 54.6 Å². The van der Waals surface area contributed by atoms with Crippen molar-refractivity contribution in [2.75, 3.05) is 24.6 Å².